The maximum Gasteiger partial charge on any atom is 0.419 e. The van der Waals surface area contributed by atoms with Gasteiger partial charge in [0.05, 0.1) is 11.4 Å². The molecule has 1 aliphatic carbocycles. The van der Waals surface area contributed by atoms with Gasteiger partial charge in [0.15, 0.2) is 5.69 Å². The van der Waals surface area contributed by atoms with Crippen LogP contribution in [0.2, 0.25) is 0 Å². The molecule has 2 bridgehead atoms. The molecule has 146 valence electrons. The number of anilines is 1. The maximum absolute atomic E-state index is 13.0. The van der Waals surface area contributed by atoms with Crippen molar-refractivity contribution in [3.63, 3.8) is 0 Å². The summed E-state index contributed by atoms with van der Waals surface area (Å²) >= 11 is 0. The number of carbonyl (C=O) groups excluding carboxylic acids is 3. The number of aromatic nitrogens is 2. The van der Waals surface area contributed by atoms with Gasteiger partial charge in [0.1, 0.15) is 0 Å². The lowest BCUT2D eigenvalue weighted by Gasteiger charge is -2.31. The van der Waals surface area contributed by atoms with Gasteiger partial charge in [-0.1, -0.05) is 0 Å². The van der Waals surface area contributed by atoms with Crippen molar-refractivity contribution in [1.29, 1.82) is 0 Å². The van der Waals surface area contributed by atoms with E-state index in [4.69, 9.17) is 4.74 Å². The number of nitrogens with zero attached hydrogens (tertiary/aromatic N) is 3. The number of rotatable bonds is 3. The highest BCUT2D eigenvalue weighted by molar-refractivity contribution is 6.06. The Morgan fingerprint density at radius 2 is 2.04 bits per heavy atom. The van der Waals surface area contributed by atoms with E-state index < -0.39 is 12.1 Å². The van der Waals surface area contributed by atoms with Gasteiger partial charge in [0.25, 0.3) is 5.91 Å². The molecule has 2 amide bonds. The second-order valence-corrected chi connectivity index (χ2v) is 7.88. The Morgan fingerprint density at radius 1 is 1.21 bits per heavy atom. The first-order chi connectivity index (χ1) is 13.5. The number of carbonyl (C=O) groups is 3. The lowest BCUT2D eigenvalue weighted by Crippen LogP contribution is -2.47. The molecule has 0 unspecified atom stereocenters. The Hall–Kier alpha value is -2.94. The van der Waals surface area contributed by atoms with Crippen LogP contribution in [0, 0.1) is 5.92 Å². The number of hydrogen-bond donors (Lipinski definition) is 2. The van der Waals surface area contributed by atoms with E-state index in [1.165, 1.54) is 0 Å². The number of likely N-dealkylation sites (tertiary alicyclic amines) is 2. The van der Waals surface area contributed by atoms with E-state index in [2.05, 4.69) is 27.5 Å². The highest BCUT2D eigenvalue weighted by atomic mass is 16.6. The number of H-pyrrole nitrogens is 1. The molecule has 1 aromatic carbocycles. The summed E-state index contributed by atoms with van der Waals surface area (Å²) in [5, 5.41) is 10.3. The van der Waals surface area contributed by atoms with Crippen molar-refractivity contribution in [2.24, 2.45) is 5.92 Å². The molecular formula is C19H21N5O4. The standard InChI is InChI=1S/C19H21N5O4/c1-23-8-13-7-12(23)9-24(13)17(25)16-14-6-11(4-5-15(14)21-22-16)20-19(27)28-18(26)10-2-3-10/h4-6,10,12-13H,2-3,7-9H2,1H3,(H,20,27)(H,21,22)/t12-,13-/m0/s1. The largest absolute Gasteiger partial charge is 0.419 e. The fraction of sp³-hybridized carbons (Fsp3) is 0.474. The fourth-order valence-corrected chi connectivity index (χ4v) is 4.14. The Bertz CT molecular complexity index is 980. The number of fused-ring (bicyclic) bond motifs is 3. The van der Waals surface area contributed by atoms with E-state index in [1.807, 2.05) is 4.90 Å². The second kappa shape index (κ2) is 6.30. The van der Waals surface area contributed by atoms with Crippen LogP contribution in [0.15, 0.2) is 18.2 Å². The van der Waals surface area contributed by atoms with Crippen LogP contribution in [-0.4, -0.2) is 70.2 Å². The highest BCUT2D eigenvalue weighted by Gasteiger charge is 2.44. The third-order valence-corrected chi connectivity index (χ3v) is 5.89. The van der Waals surface area contributed by atoms with Crippen LogP contribution in [-0.2, 0) is 9.53 Å². The molecule has 5 rings (SSSR count). The zero-order valence-corrected chi connectivity index (χ0v) is 15.5. The molecule has 2 aromatic rings. The molecule has 0 radical (unpaired) electrons. The monoisotopic (exact) mass is 383 g/mol. The Morgan fingerprint density at radius 3 is 2.71 bits per heavy atom. The molecule has 28 heavy (non-hydrogen) atoms. The summed E-state index contributed by atoms with van der Waals surface area (Å²) in [4.78, 5) is 40.7. The quantitative estimate of drug-likeness (QED) is 0.615. The predicted octanol–water partition coefficient (Wildman–Crippen LogP) is 1.58. The van der Waals surface area contributed by atoms with Gasteiger partial charge in [-0.2, -0.15) is 5.10 Å². The molecular weight excluding hydrogens is 362 g/mol. The number of aromatic amines is 1. The zero-order valence-electron chi connectivity index (χ0n) is 15.5. The molecule has 3 heterocycles. The molecule has 9 nitrogen and oxygen atoms in total. The molecule has 1 aromatic heterocycles. The third-order valence-electron chi connectivity index (χ3n) is 5.89. The second-order valence-electron chi connectivity index (χ2n) is 7.88. The van der Waals surface area contributed by atoms with Crippen LogP contribution in [0.4, 0.5) is 10.5 Å². The number of benzene rings is 1. The fourth-order valence-electron chi connectivity index (χ4n) is 4.14. The first kappa shape index (κ1) is 17.2. The number of esters is 1. The van der Waals surface area contributed by atoms with Crippen LogP contribution in [0.25, 0.3) is 10.9 Å². The van der Waals surface area contributed by atoms with Gasteiger partial charge >= 0.3 is 12.1 Å². The Labute approximate surface area is 161 Å². The molecule has 3 aliphatic rings. The lowest BCUT2D eigenvalue weighted by atomic mass is 10.1. The summed E-state index contributed by atoms with van der Waals surface area (Å²) in [5.41, 5.74) is 1.49. The normalized spacial score (nSPS) is 24.0. The van der Waals surface area contributed by atoms with Crippen LogP contribution in [0.5, 0.6) is 0 Å². The molecule has 3 fully saturated rings. The van der Waals surface area contributed by atoms with Crippen LogP contribution in [0.3, 0.4) is 0 Å². The van der Waals surface area contributed by atoms with Crippen LogP contribution < -0.4 is 5.32 Å². The van der Waals surface area contributed by atoms with Gasteiger partial charge in [-0.15, -0.1) is 0 Å². The first-order valence-electron chi connectivity index (χ1n) is 9.51. The molecule has 2 aliphatic heterocycles. The third kappa shape index (κ3) is 2.91. The summed E-state index contributed by atoms with van der Waals surface area (Å²) in [6.07, 6.45) is 1.73. The van der Waals surface area contributed by atoms with Gasteiger partial charge < -0.3 is 9.64 Å². The number of amides is 2. The van der Waals surface area contributed by atoms with Crippen molar-refractivity contribution in [3.05, 3.63) is 23.9 Å². The van der Waals surface area contributed by atoms with E-state index in [0.717, 1.165) is 25.8 Å². The average Bonchev–Trinajstić information content (AvgIpc) is 3.17. The van der Waals surface area contributed by atoms with Crippen molar-refractivity contribution in [3.8, 4) is 0 Å². The SMILES string of the molecule is CN1C[C@@H]2C[C@H]1CN2C(=O)c1n[nH]c2ccc(NC(=O)OC(=O)C3CC3)cc12. The molecule has 2 N–H and O–H groups in total. The maximum atomic E-state index is 13.0. The predicted molar refractivity (Wildman–Crippen MR) is 99.8 cm³/mol. The molecule has 1 saturated carbocycles. The highest BCUT2D eigenvalue weighted by Crippen LogP contribution is 2.32. The minimum Gasteiger partial charge on any atom is -0.376 e. The van der Waals surface area contributed by atoms with E-state index in [1.54, 1.807) is 18.2 Å². The van der Waals surface area contributed by atoms with Crippen molar-refractivity contribution in [2.45, 2.75) is 31.3 Å². The molecule has 2 saturated heterocycles. The van der Waals surface area contributed by atoms with Crippen molar-refractivity contribution < 1.29 is 19.1 Å². The number of nitrogens with one attached hydrogen (secondary N) is 2. The minimum absolute atomic E-state index is 0.101. The summed E-state index contributed by atoms with van der Waals surface area (Å²) in [6, 6.07) is 5.72. The number of hydrogen-bond acceptors (Lipinski definition) is 6. The summed E-state index contributed by atoms with van der Waals surface area (Å²) in [6.45, 7) is 1.59. The summed E-state index contributed by atoms with van der Waals surface area (Å²) in [5.74, 6) is -0.747. The van der Waals surface area contributed by atoms with Gasteiger partial charge in [0, 0.05) is 36.2 Å². The first-order valence-corrected chi connectivity index (χ1v) is 9.51. The molecule has 2 atom stereocenters. The van der Waals surface area contributed by atoms with Crippen LogP contribution >= 0.6 is 0 Å². The molecule has 0 spiro atoms. The minimum atomic E-state index is -0.812. The van der Waals surface area contributed by atoms with E-state index in [-0.39, 0.29) is 17.9 Å². The number of ether oxygens (including phenoxy) is 1. The lowest BCUT2D eigenvalue weighted by molar-refractivity contribution is -0.138. The zero-order chi connectivity index (χ0) is 19.4. The van der Waals surface area contributed by atoms with E-state index >= 15 is 0 Å². The number of likely N-dealkylation sites (N-methyl/N-ethyl adjacent to an activating group) is 1. The van der Waals surface area contributed by atoms with E-state index in [9.17, 15) is 14.4 Å². The van der Waals surface area contributed by atoms with Crippen molar-refractivity contribution >= 4 is 34.6 Å². The van der Waals surface area contributed by atoms with Gasteiger partial charge in [-0.3, -0.25) is 24.9 Å². The average molecular weight is 383 g/mol. The topological polar surface area (TPSA) is 108 Å². The van der Waals surface area contributed by atoms with Gasteiger partial charge in [-0.25, -0.2) is 4.79 Å². The van der Waals surface area contributed by atoms with Gasteiger partial charge in [-0.05, 0) is 44.5 Å². The van der Waals surface area contributed by atoms with E-state index in [0.29, 0.717) is 34.9 Å². The molecule has 9 heteroatoms. The smallest absolute Gasteiger partial charge is 0.376 e. The Kier molecular flexibility index (Phi) is 3.87. The summed E-state index contributed by atoms with van der Waals surface area (Å²) < 4.78 is 4.78. The van der Waals surface area contributed by atoms with Crippen molar-refractivity contribution in [2.75, 3.05) is 25.5 Å². The number of piperazine rings is 1. The van der Waals surface area contributed by atoms with Crippen LogP contribution in [0.1, 0.15) is 29.8 Å². The Balaban J connectivity index is 1.34. The van der Waals surface area contributed by atoms with Crippen molar-refractivity contribution in [1.82, 2.24) is 20.0 Å². The summed E-state index contributed by atoms with van der Waals surface area (Å²) in [7, 11) is 2.08. The van der Waals surface area contributed by atoms with Gasteiger partial charge in [0.2, 0.25) is 0 Å².